The van der Waals surface area contributed by atoms with Gasteiger partial charge in [0.2, 0.25) is 0 Å². The summed E-state index contributed by atoms with van der Waals surface area (Å²) in [5.41, 5.74) is 1.19. The summed E-state index contributed by atoms with van der Waals surface area (Å²) in [4.78, 5) is 17.3. The predicted molar refractivity (Wildman–Crippen MR) is 57.6 cm³/mol. The second-order valence-electron chi connectivity index (χ2n) is 2.90. The second-order valence-corrected chi connectivity index (χ2v) is 4.14. The van der Waals surface area contributed by atoms with Gasteiger partial charge in [-0.05, 0) is 0 Å². The zero-order chi connectivity index (χ0) is 11.7. The maximum atomic E-state index is 10.3. The Morgan fingerprint density at radius 3 is 2.40 bits per heavy atom. The first kappa shape index (κ1) is 14.8. The average molecular weight is 236 g/mol. The molecule has 15 heavy (non-hydrogen) atoms. The fourth-order valence-corrected chi connectivity index (χ4v) is 1.74. The molecule has 2 N–H and O–H groups in total. The molecule has 0 atom stereocenters. The van der Waals surface area contributed by atoms with Crippen molar-refractivity contribution in [1.29, 1.82) is 0 Å². The minimum Gasteiger partial charge on any atom is -0.310 e. The standard InChI is InChI=1S/C9H9O2.Na.HO2P/c10-9(11)7-6-8-4-2-1-3-5-8;;1-3-2/h1-4H,6-7H2,(H,10,11);;(H,1,2). The van der Waals surface area contributed by atoms with Crippen LogP contribution >= 0.6 is 8.69 Å². The Morgan fingerprint density at radius 1 is 1.40 bits per heavy atom. The van der Waals surface area contributed by atoms with Crippen LogP contribution in [0.15, 0.2) is 24.3 Å². The number of hydrogen-bond donors (Lipinski definition) is 2. The van der Waals surface area contributed by atoms with Crippen molar-refractivity contribution in [3.8, 4) is 0 Å². The summed E-state index contributed by atoms with van der Waals surface area (Å²) in [5, 5.41) is 8.48. The van der Waals surface area contributed by atoms with E-state index in [1.807, 2.05) is 18.2 Å². The molecule has 0 unspecified atom stereocenters. The van der Waals surface area contributed by atoms with E-state index in [1.165, 1.54) is 8.38 Å². The Bertz CT molecular complexity index is 330. The van der Waals surface area contributed by atoms with Crippen LogP contribution < -0.4 is 2.81 Å². The maximum absolute atomic E-state index is 10.3. The van der Waals surface area contributed by atoms with E-state index in [4.69, 9.17) is 14.6 Å². The summed E-state index contributed by atoms with van der Waals surface area (Å²) in [6, 6.07) is 8.01. The molecule has 1 rings (SSSR count). The number of benzene rings is 1. The van der Waals surface area contributed by atoms with Gasteiger partial charge in [-0.1, -0.05) is 0 Å². The van der Waals surface area contributed by atoms with Gasteiger partial charge in [0.15, 0.2) is 0 Å². The molecule has 1 aromatic carbocycles. The normalized spacial score (nSPS) is 9.27. The molecule has 0 saturated carbocycles. The summed E-state index contributed by atoms with van der Waals surface area (Å²) in [7, 11) is -0.833. The molecule has 6 heteroatoms. The third-order valence-electron chi connectivity index (χ3n) is 1.87. The van der Waals surface area contributed by atoms with Gasteiger partial charge in [0.25, 0.3) is 0 Å². The van der Waals surface area contributed by atoms with E-state index in [2.05, 4.69) is 6.07 Å². The molecule has 76 valence electrons. The quantitative estimate of drug-likeness (QED) is 0.597. The van der Waals surface area contributed by atoms with Gasteiger partial charge in [0.05, 0.1) is 0 Å². The molecular weight excluding hydrogens is 226 g/mol. The van der Waals surface area contributed by atoms with E-state index in [9.17, 15) is 4.79 Å². The van der Waals surface area contributed by atoms with Crippen LogP contribution in [-0.4, -0.2) is 43.9 Å². The minimum absolute atomic E-state index is 0.235. The third-order valence-corrected chi connectivity index (χ3v) is 2.85. The van der Waals surface area contributed by atoms with E-state index < -0.39 is 14.7 Å². The summed E-state index contributed by atoms with van der Waals surface area (Å²) >= 11 is 0.993. The fraction of sp³-hybridized carbons (Fsp3) is 0.222. The molecular formula is C9H10NaO4P. The molecule has 0 fully saturated rings. The van der Waals surface area contributed by atoms with Gasteiger partial charge in [-0.15, -0.1) is 0 Å². The summed E-state index contributed by atoms with van der Waals surface area (Å²) in [6.45, 7) is 0. The first-order valence-corrected chi connectivity index (χ1v) is 6.11. The van der Waals surface area contributed by atoms with Gasteiger partial charge < -0.3 is 4.89 Å². The first-order valence-electron chi connectivity index (χ1n) is 4.34. The molecule has 0 aliphatic heterocycles. The van der Waals surface area contributed by atoms with Crippen molar-refractivity contribution < 1.29 is 19.4 Å². The topological polar surface area (TPSA) is 74.6 Å². The van der Waals surface area contributed by atoms with Gasteiger partial charge in [0, 0.05) is 0 Å². The van der Waals surface area contributed by atoms with Gasteiger partial charge in [-0.3, -0.25) is 0 Å². The number of aliphatic carboxylic acids is 1. The van der Waals surface area contributed by atoms with Crippen LogP contribution in [0.2, 0.25) is 0 Å². The summed E-state index contributed by atoms with van der Waals surface area (Å²) in [6.07, 6.45) is 0.897. The summed E-state index contributed by atoms with van der Waals surface area (Å²) in [5.74, 6) is -0.722. The zero-order valence-electron chi connectivity index (χ0n) is 8.38. The number of carboxylic acid groups (broad SMARTS) is 1. The largest absolute Gasteiger partial charge is 0.324 e. The molecule has 0 bridgehead atoms. The van der Waals surface area contributed by atoms with Crippen molar-refractivity contribution >= 4 is 45.4 Å². The van der Waals surface area contributed by atoms with Crippen LogP contribution in [0.5, 0.6) is 0 Å². The Kier molecular flexibility index (Phi) is 8.86. The Hall–Kier alpha value is -0.250. The van der Waals surface area contributed by atoms with Crippen LogP contribution in [-0.2, 0) is 15.8 Å². The van der Waals surface area contributed by atoms with E-state index in [1.54, 1.807) is 0 Å². The van der Waals surface area contributed by atoms with Crippen LogP contribution in [0.4, 0.5) is 0 Å². The van der Waals surface area contributed by atoms with E-state index in [0.717, 1.165) is 27.9 Å². The van der Waals surface area contributed by atoms with Crippen LogP contribution in [0.1, 0.15) is 12.0 Å². The molecule has 0 radical (unpaired) electrons. The Labute approximate surface area is 107 Å². The van der Waals surface area contributed by atoms with Crippen molar-refractivity contribution in [2.45, 2.75) is 12.8 Å². The average Bonchev–Trinajstić information content (AvgIpc) is 2.17. The smallest absolute Gasteiger partial charge is 0.310 e. The van der Waals surface area contributed by atoms with Gasteiger partial charge in [0.1, 0.15) is 0 Å². The van der Waals surface area contributed by atoms with E-state index >= 15 is 0 Å². The Morgan fingerprint density at radius 2 is 1.93 bits per heavy atom. The van der Waals surface area contributed by atoms with Gasteiger partial charge in [-0.25, -0.2) is 4.57 Å². The Balaban J connectivity index is 0.000000583. The van der Waals surface area contributed by atoms with Crippen LogP contribution in [0, 0.1) is 0 Å². The van der Waals surface area contributed by atoms with E-state index in [0.29, 0.717) is 6.42 Å². The molecule has 4 nitrogen and oxygen atoms in total. The van der Waals surface area contributed by atoms with Crippen molar-refractivity contribution in [2.75, 3.05) is 0 Å². The first-order chi connectivity index (χ1) is 7.11. The summed E-state index contributed by atoms with van der Waals surface area (Å²) < 4.78 is 9.76. The van der Waals surface area contributed by atoms with Crippen molar-refractivity contribution in [3.05, 3.63) is 29.8 Å². The van der Waals surface area contributed by atoms with E-state index in [-0.39, 0.29) is 6.42 Å². The van der Waals surface area contributed by atoms with Gasteiger partial charge >= 0.3 is 98.0 Å². The number of hydrogen-bond acceptors (Lipinski definition) is 2. The van der Waals surface area contributed by atoms with Crippen molar-refractivity contribution in [2.24, 2.45) is 0 Å². The maximum Gasteiger partial charge on any atom is 0.324 e. The SMILES string of the molecule is O=C(O)CCc1cccc[c]1[Na].O=PO. The fourth-order valence-electron chi connectivity index (χ4n) is 1.13. The molecule has 0 amide bonds. The van der Waals surface area contributed by atoms with Crippen molar-refractivity contribution in [1.82, 2.24) is 0 Å². The number of carbonyl (C=O) groups is 1. The van der Waals surface area contributed by atoms with Crippen LogP contribution in [0.25, 0.3) is 0 Å². The number of carboxylic acids is 1. The third kappa shape index (κ3) is 7.65. The zero-order valence-corrected chi connectivity index (χ0v) is 11.3. The molecule has 0 heterocycles. The molecule has 0 saturated heterocycles. The molecule has 0 spiro atoms. The molecule has 0 aliphatic carbocycles. The molecule has 1 aromatic rings. The number of aryl methyl sites for hydroxylation is 1. The monoisotopic (exact) mass is 236 g/mol. The second kappa shape index (κ2) is 9.01. The van der Waals surface area contributed by atoms with Crippen molar-refractivity contribution in [3.63, 3.8) is 0 Å². The predicted octanol–water partition coefficient (Wildman–Crippen LogP) is 0.683. The van der Waals surface area contributed by atoms with Crippen LogP contribution in [0.3, 0.4) is 0 Å². The molecule has 0 aromatic heterocycles. The molecule has 0 aliphatic rings. The number of rotatable bonds is 3. The van der Waals surface area contributed by atoms with Gasteiger partial charge in [-0.2, -0.15) is 0 Å². The minimum atomic E-state index is -0.833.